The number of carbonyl (C=O) groups is 1. The maximum atomic E-state index is 10.6. The van der Waals surface area contributed by atoms with E-state index in [1.54, 1.807) is 6.07 Å². The molecule has 2 N–H and O–H groups in total. The topological polar surface area (TPSA) is 77.0 Å². The maximum Gasteiger partial charge on any atom is 0.494 e. The molecule has 2 aliphatic heterocycles. The third-order valence-corrected chi connectivity index (χ3v) is 5.16. The minimum absolute atomic E-state index is 0.214. The predicted molar refractivity (Wildman–Crippen MR) is 91.3 cm³/mol. The van der Waals surface area contributed by atoms with Crippen LogP contribution in [0, 0.1) is 0 Å². The second-order valence-electron chi connectivity index (χ2n) is 7.21. The minimum Gasteiger partial charge on any atom is -0.486 e. The molecule has 0 radical (unpaired) electrons. The summed E-state index contributed by atoms with van der Waals surface area (Å²) in [4.78, 5) is 10.6. The molecule has 2 heterocycles. The van der Waals surface area contributed by atoms with Gasteiger partial charge in [-0.3, -0.25) is 0 Å². The SMILES string of the molecule is CC1(C)OB(c2cc(Cl)c3c(c2)CC(CNC(=O)O)O3)OC1(C)C. The number of amides is 1. The van der Waals surface area contributed by atoms with Crippen LogP contribution >= 0.6 is 11.6 Å². The van der Waals surface area contributed by atoms with Crippen molar-refractivity contribution in [1.82, 2.24) is 5.32 Å². The number of ether oxygens (including phenoxy) is 1. The number of rotatable bonds is 3. The fraction of sp³-hybridized carbons (Fsp3) is 0.562. The average molecular weight is 354 g/mol. The van der Waals surface area contributed by atoms with Gasteiger partial charge in [-0.15, -0.1) is 0 Å². The Morgan fingerprint density at radius 3 is 2.54 bits per heavy atom. The van der Waals surface area contributed by atoms with E-state index in [9.17, 15) is 4.79 Å². The number of halogens is 1. The lowest BCUT2D eigenvalue weighted by Gasteiger charge is -2.32. The lowest BCUT2D eigenvalue weighted by Crippen LogP contribution is -2.41. The van der Waals surface area contributed by atoms with Crippen molar-refractivity contribution in [3.05, 3.63) is 22.7 Å². The highest BCUT2D eigenvalue weighted by molar-refractivity contribution is 6.62. The molecule has 130 valence electrons. The largest absolute Gasteiger partial charge is 0.494 e. The summed E-state index contributed by atoms with van der Waals surface area (Å²) >= 11 is 6.35. The van der Waals surface area contributed by atoms with Crippen LogP contribution < -0.4 is 15.5 Å². The van der Waals surface area contributed by atoms with E-state index in [1.165, 1.54) is 0 Å². The smallest absolute Gasteiger partial charge is 0.486 e. The molecule has 0 bridgehead atoms. The van der Waals surface area contributed by atoms with E-state index in [1.807, 2.05) is 33.8 Å². The van der Waals surface area contributed by atoms with Crippen LogP contribution in [0.2, 0.25) is 5.02 Å². The molecule has 1 fully saturated rings. The normalized spacial score (nSPS) is 23.7. The van der Waals surface area contributed by atoms with Gasteiger partial charge in [0.15, 0.2) is 0 Å². The summed E-state index contributed by atoms with van der Waals surface area (Å²) in [5, 5.41) is 11.5. The molecule has 1 atom stereocenters. The molecule has 2 aliphatic rings. The van der Waals surface area contributed by atoms with E-state index in [-0.39, 0.29) is 12.6 Å². The van der Waals surface area contributed by atoms with Gasteiger partial charge in [-0.25, -0.2) is 4.79 Å². The van der Waals surface area contributed by atoms with E-state index in [4.69, 9.17) is 30.8 Å². The van der Waals surface area contributed by atoms with Crippen molar-refractivity contribution in [2.75, 3.05) is 6.54 Å². The van der Waals surface area contributed by atoms with Gasteiger partial charge in [-0.2, -0.15) is 0 Å². The Kier molecular flexibility index (Phi) is 4.22. The number of fused-ring (bicyclic) bond motifs is 1. The molecule has 1 amide bonds. The minimum atomic E-state index is -1.07. The van der Waals surface area contributed by atoms with Crippen molar-refractivity contribution >= 4 is 30.3 Å². The van der Waals surface area contributed by atoms with Crippen LogP contribution in [0.3, 0.4) is 0 Å². The maximum absolute atomic E-state index is 10.6. The van der Waals surface area contributed by atoms with Crippen molar-refractivity contribution in [1.29, 1.82) is 0 Å². The van der Waals surface area contributed by atoms with Crippen LogP contribution in [0.1, 0.15) is 33.3 Å². The first-order valence-corrected chi connectivity index (χ1v) is 8.28. The van der Waals surface area contributed by atoms with Gasteiger partial charge in [0.05, 0.1) is 22.8 Å². The first-order valence-electron chi connectivity index (χ1n) is 7.90. The van der Waals surface area contributed by atoms with Crippen molar-refractivity contribution in [3.8, 4) is 5.75 Å². The molecule has 8 heteroatoms. The van der Waals surface area contributed by atoms with Crippen LogP contribution in [0.25, 0.3) is 0 Å². The molecule has 1 unspecified atom stereocenters. The molecule has 24 heavy (non-hydrogen) atoms. The van der Waals surface area contributed by atoms with Crippen LogP contribution in [0.5, 0.6) is 5.75 Å². The second kappa shape index (κ2) is 5.83. The van der Waals surface area contributed by atoms with Crippen LogP contribution in [-0.4, -0.2) is 42.2 Å². The van der Waals surface area contributed by atoms with Crippen molar-refractivity contribution in [3.63, 3.8) is 0 Å². The lowest BCUT2D eigenvalue weighted by atomic mass is 9.78. The molecule has 1 aromatic rings. The summed E-state index contributed by atoms with van der Waals surface area (Å²) < 4.78 is 17.9. The Hall–Kier alpha value is -1.44. The Labute approximate surface area is 146 Å². The zero-order valence-corrected chi connectivity index (χ0v) is 14.9. The highest BCUT2D eigenvalue weighted by atomic mass is 35.5. The third-order valence-electron chi connectivity index (χ3n) is 4.88. The van der Waals surface area contributed by atoms with Crippen LogP contribution in [0.15, 0.2) is 12.1 Å². The number of carboxylic acid groups (broad SMARTS) is 1. The Balaban J connectivity index is 1.79. The summed E-state index contributed by atoms with van der Waals surface area (Å²) in [6.07, 6.45) is -0.747. The highest BCUT2D eigenvalue weighted by Crippen LogP contribution is 2.39. The highest BCUT2D eigenvalue weighted by Gasteiger charge is 2.52. The zero-order chi connectivity index (χ0) is 17.7. The van der Waals surface area contributed by atoms with E-state index in [0.29, 0.717) is 17.2 Å². The summed E-state index contributed by atoms with van der Waals surface area (Å²) in [5.74, 6) is 0.606. The Morgan fingerprint density at radius 2 is 1.96 bits per heavy atom. The van der Waals surface area contributed by atoms with E-state index < -0.39 is 24.4 Å². The lowest BCUT2D eigenvalue weighted by molar-refractivity contribution is 0.00578. The first kappa shape index (κ1) is 17.4. The Morgan fingerprint density at radius 1 is 1.33 bits per heavy atom. The molecule has 0 saturated carbocycles. The van der Waals surface area contributed by atoms with Gasteiger partial charge in [0.1, 0.15) is 11.9 Å². The van der Waals surface area contributed by atoms with Crippen molar-refractivity contribution in [2.45, 2.75) is 51.4 Å². The van der Waals surface area contributed by atoms with Crippen molar-refractivity contribution in [2.24, 2.45) is 0 Å². The van der Waals surface area contributed by atoms with Crippen LogP contribution in [-0.2, 0) is 15.7 Å². The summed E-state index contributed by atoms with van der Waals surface area (Å²) in [6, 6.07) is 3.75. The van der Waals surface area contributed by atoms with Gasteiger partial charge in [0.25, 0.3) is 0 Å². The quantitative estimate of drug-likeness (QED) is 0.815. The molecule has 6 nitrogen and oxygen atoms in total. The van der Waals surface area contributed by atoms with Gasteiger partial charge in [-0.05, 0) is 44.8 Å². The monoisotopic (exact) mass is 353 g/mol. The van der Waals surface area contributed by atoms with E-state index >= 15 is 0 Å². The van der Waals surface area contributed by atoms with Crippen molar-refractivity contribution < 1.29 is 23.9 Å². The second-order valence-corrected chi connectivity index (χ2v) is 7.62. The third kappa shape index (κ3) is 3.08. The van der Waals surface area contributed by atoms with Gasteiger partial charge in [-0.1, -0.05) is 17.7 Å². The predicted octanol–water partition coefficient (Wildman–Crippen LogP) is 2.21. The Bertz CT molecular complexity index is 663. The van der Waals surface area contributed by atoms with E-state index in [2.05, 4.69) is 5.32 Å². The molecule has 1 saturated heterocycles. The fourth-order valence-electron chi connectivity index (χ4n) is 2.84. The number of benzene rings is 1. The first-order chi connectivity index (χ1) is 11.1. The zero-order valence-electron chi connectivity index (χ0n) is 14.2. The molecular formula is C16H21BClNO5. The molecule has 0 aromatic heterocycles. The molecule has 1 aromatic carbocycles. The molecule has 0 aliphatic carbocycles. The van der Waals surface area contributed by atoms with Crippen LogP contribution in [0.4, 0.5) is 4.79 Å². The number of nitrogens with one attached hydrogen (secondary N) is 1. The summed E-state index contributed by atoms with van der Waals surface area (Å²) in [5.41, 5.74) is 0.929. The summed E-state index contributed by atoms with van der Waals surface area (Å²) in [7, 11) is -0.492. The van der Waals surface area contributed by atoms with Gasteiger partial charge >= 0.3 is 13.2 Å². The summed E-state index contributed by atoms with van der Waals surface area (Å²) in [6.45, 7) is 8.21. The molecular weight excluding hydrogens is 332 g/mol. The molecule has 3 rings (SSSR count). The number of hydrogen-bond donors (Lipinski definition) is 2. The molecule has 0 spiro atoms. The van der Waals surface area contributed by atoms with Gasteiger partial charge < -0.3 is 24.5 Å². The standard InChI is InChI=1S/C16H21BClNO5/c1-15(2)16(3,4)24-17(23-15)10-5-9-6-11(8-19-14(20)21)22-13(9)12(18)7-10/h5,7,11,19H,6,8H2,1-4H3,(H,20,21). The van der Waals surface area contributed by atoms with Gasteiger partial charge in [0, 0.05) is 6.42 Å². The number of hydrogen-bond acceptors (Lipinski definition) is 4. The van der Waals surface area contributed by atoms with E-state index in [0.717, 1.165) is 11.0 Å². The fourth-order valence-corrected chi connectivity index (χ4v) is 3.13. The van der Waals surface area contributed by atoms with Gasteiger partial charge in [0.2, 0.25) is 0 Å². The average Bonchev–Trinajstić information content (AvgIpc) is 2.95.